The first-order valence-electron chi connectivity index (χ1n) is 8.69. The van der Waals surface area contributed by atoms with Crippen molar-refractivity contribution in [3.8, 4) is 11.3 Å². The normalized spacial score (nSPS) is 12.3. The second-order valence-corrected chi connectivity index (χ2v) is 9.29. The number of nitrogens with zero attached hydrogens (tertiary/aromatic N) is 3. The number of nitrogens with one attached hydrogen (secondary N) is 1. The number of benzene rings is 1. The molecule has 3 rings (SSSR count). The Labute approximate surface area is 160 Å². The van der Waals surface area contributed by atoms with E-state index < -0.39 is 10.0 Å². The quantitative estimate of drug-likeness (QED) is 0.732. The summed E-state index contributed by atoms with van der Waals surface area (Å²) in [6.07, 6.45) is 5.11. The van der Waals surface area contributed by atoms with Crippen LogP contribution in [0.1, 0.15) is 31.9 Å². The molecule has 2 aromatic heterocycles. The van der Waals surface area contributed by atoms with Crippen molar-refractivity contribution in [2.45, 2.75) is 37.6 Å². The van der Waals surface area contributed by atoms with Gasteiger partial charge in [0.25, 0.3) is 0 Å². The molecule has 0 amide bonds. The van der Waals surface area contributed by atoms with Crippen molar-refractivity contribution >= 4 is 10.0 Å². The third-order valence-corrected chi connectivity index (χ3v) is 5.83. The van der Waals surface area contributed by atoms with Crippen molar-refractivity contribution in [1.29, 1.82) is 0 Å². The van der Waals surface area contributed by atoms with E-state index in [2.05, 4.69) is 35.6 Å². The molecular formula is C20H24N4O2S. The van der Waals surface area contributed by atoms with Crippen molar-refractivity contribution in [1.82, 2.24) is 19.5 Å². The first-order chi connectivity index (χ1) is 12.7. The van der Waals surface area contributed by atoms with Gasteiger partial charge in [0.2, 0.25) is 10.0 Å². The second kappa shape index (κ2) is 7.25. The van der Waals surface area contributed by atoms with Gasteiger partial charge in [-0.05, 0) is 40.8 Å². The molecule has 0 spiro atoms. The highest BCUT2D eigenvalue weighted by Gasteiger charge is 2.17. The van der Waals surface area contributed by atoms with E-state index in [0.29, 0.717) is 0 Å². The van der Waals surface area contributed by atoms with E-state index in [9.17, 15) is 8.42 Å². The van der Waals surface area contributed by atoms with Gasteiger partial charge in [0, 0.05) is 37.7 Å². The zero-order chi connectivity index (χ0) is 19.7. The molecule has 0 radical (unpaired) electrons. The standard InChI is InChI=1S/C20H24N4O2S/c1-20(2,3)17-5-7-18(8-6-17)27(25,26)23-13-15-11-16(14-21-12-15)19-9-10-22-24(19)4/h5-12,14,23H,13H2,1-4H3. The maximum atomic E-state index is 12.6. The van der Waals surface area contributed by atoms with Gasteiger partial charge in [-0.3, -0.25) is 9.67 Å². The summed E-state index contributed by atoms with van der Waals surface area (Å²) in [4.78, 5) is 4.47. The Morgan fingerprint density at radius 3 is 2.37 bits per heavy atom. The number of hydrogen-bond donors (Lipinski definition) is 1. The topological polar surface area (TPSA) is 76.9 Å². The van der Waals surface area contributed by atoms with Crippen LogP contribution in [0.2, 0.25) is 0 Å². The van der Waals surface area contributed by atoms with Crippen molar-refractivity contribution in [2.75, 3.05) is 0 Å². The number of sulfonamides is 1. The highest BCUT2D eigenvalue weighted by molar-refractivity contribution is 7.89. The molecule has 0 atom stereocenters. The van der Waals surface area contributed by atoms with Crippen molar-refractivity contribution in [2.24, 2.45) is 7.05 Å². The molecule has 2 heterocycles. The van der Waals surface area contributed by atoms with E-state index in [4.69, 9.17) is 0 Å². The van der Waals surface area contributed by atoms with Crippen LogP contribution in [0.4, 0.5) is 0 Å². The first kappa shape index (κ1) is 19.3. The summed E-state index contributed by atoms with van der Waals surface area (Å²) in [5, 5.41) is 4.15. The number of rotatable bonds is 5. The zero-order valence-electron chi connectivity index (χ0n) is 16.0. The van der Waals surface area contributed by atoms with Gasteiger partial charge in [-0.1, -0.05) is 32.9 Å². The molecule has 3 aromatic rings. The smallest absolute Gasteiger partial charge is 0.240 e. The molecule has 0 saturated carbocycles. The maximum absolute atomic E-state index is 12.6. The minimum atomic E-state index is -3.59. The van der Waals surface area contributed by atoms with E-state index in [1.807, 2.05) is 31.3 Å². The van der Waals surface area contributed by atoms with Gasteiger partial charge in [-0.15, -0.1) is 0 Å². The molecule has 1 N–H and O–H groups in total. The molecule has 0 saturated heterocycles. The summed E-state index contributed by atoms with van der Waals surface area (Å²) < 4.78 is 29.6. The second-order valence-electron chi connectivity index (χ2n) is 7.52. The average molecular weight is 385 g/mol. The monoisotopic (exact) mass is 384 g/mol. The lowest BCUT2D eigenvalue weighted by Crippen LogP contribution is -2.23. The Kier molecular flexibility index (Phi) is 5.17. The SMILES string of the molecule is Cn1nccc1-c1cncc(CNS(=O)(=O)c2ccc(C(C)(C)C)cc2)c1. The third kappa shape index (κ3) is 4.43. The summed E-state index contributed by atoms with van der Waals surface area (Å²) in [7, 11) is -1.74. The van der Waals surface area contributed by atoms with E-state index in [1.165, 1.54) is 0 Å². The molecule has 27 heavy (non-hydrogen) atoms. The Bertz CT molecular complexity index is 1030. The van der Waals surface area contributed by atoms with Crippen LogP contribution in [0.25, 0.3) is 11.3 Å². The molecule has 0 aliphatic carbocycles. The highest BCUT2D eigenvalue weighted by Crippen LogP contribution is 2.23. The van der Waals surface area contributed by atoms with Gasteiger partial charge >= 0.3 is 0 Å². The molecule has 0 fully saturated rings. The molecule has 0 unspecified atom stereocenters. The van der Waals surface area contributed by atoms with E-state index in [0.717, 1.165) is 22.4 Å². The van der Waals surface area contributed by atoms with Gasteiger partial charge in [0.1, 0.15) is 0 Å². The van der Waals surface area contributed by atoms with Crippen LogP contribution in [0.3, 0.4) is 0 Å². The molecule has 0 aliphatic heterocycles. The molecule has 0 aliphatic rings. The lowest BCUT2D eigenvalue weighted by molar-refractivity contribution is 0.578. The van der Waals surface area contributed by atoms with Gasteiger partial charge < -0.3 is 0 Å². The summed E-state index contributed by atoms with van der Waals surface area (Å²) in [5.74, 6) is 0. The molecule has 142 valence electrons. The van der Waals surface area contributed by atoms with E-state index in [1.54, 1.807) is 35.4 Å². The van der Waals surface area contributed by atoms with Crippen LogP contribution in [0.5, 0.6) is 0 Å². The molecule has 7 heteroatoms. The van der Waals surface area contributed by atoms with Crippen molar-refractivity contribution in [3.05, 3.63) is 66.1 Å². The van der Waals surface area contributed by atoms with Gasteiger partial charge in [-0.2, -0.15) is 5.10 Å². The lowest BCUT2D eigenvalue weighted by atomic mass is 9.87. The van der Waals surface area contributed by atoms with Crippen molar-refractivity contribution < 1.29 is 8.42 Å². The van der Waals surface area contributed by atoms with Crippen LogP contribution in [-0.4, -0.2) is 23.2 Å². The van der Waals surface area contributed by atoms with Crippen LogP contribution in [-0.2, 0) is 29.0 Å². The Hall–Kier alpha value is -2.51. The predicted octanol–water partition coefficient (Wildman–Crippen LogP) is 3.26. The van der Waals surface area contributed by atoms with Gasteiger partial charge in [0.05, 0.1) is 10.6 Å². The highest BCUT2D eigenvalue weighted by atomic mass is 32.2. The molecule has 0 bridgehead atoms. The fourth-order valence-electron chi connectivity index (χ4n) is 2.78. The number of hydrogen-bond acceptors (Lipinski definition) is 4. The summed E-state index contributed by atoms with van der Waals surface area (Å²) in [6, 6.07) is 10.8. The summed E-state index contributed by atoms with van der Waals surface area (Å²) >= 11 is 0. The van der Waals surface area contributed by atoms with E-state index in [-0.39, 0.29) is 16.9 Å². The molecule has 1 aromatic carbocycles. The fourth-order valence-corrected chi connectivity index (χ4v) is 3.79. The number of aromatic nitrogens is 3. The first-order valence-corrected chi connectivity index (χ1v) is 10.2. The summed E-state index contributed by atoms with van der Waals surface area (Å²) in [6.45, 7) is 6.45. The predicted molar refractivity (Wildman–Crippen MR) is 106 cm³/mol. The minimum Gasteiger partial charge on any atom is -0.268 e. The lowest BCUT2D eigenvalue weighted by Gasteiger charge is -2.19. The summed E-state index contributed by atoms with van der Waals surface area (Å²) in [5.41, 5.74) is 3.66. The van der Waals surface area contributed by atoms with Gasteiger partial charge in [0.15, 0.2) is 0 Å². The van der Waals surface area contributed by atoms with Crippen LogP contribution >= 0.6 is 0 Å². The number of aryl methyl sites for hydroxylation is 1. The van der Waals surface area contributed by atoms with Crippen LogP contribution in [0, 0.1) is 0 Å². The van der Waals surface area contributed by atoms with Crippen LogP contribution < -0.4 is 4.72 Å². The van der Waals surface area contributed by atoms with Crippen LogP contribution in [0.15, 0.2) is 59.9 Å². The Morgan fingerprint density at radius 2 is 1.78 bits per heavy atom. The van der Waals surface area contributed by atoms with Crippen molar-refractivity contribution in [3.63, 3.8) is 0 Å². The van der Waals surface area contributed by atoms with E-state index >= 15 is 0 Å². The largest absolute Gasteiger partial charge is 0.268 e. The fraction of sp³-hybridized carbons (Fsp3) is 0.300. The maximum Gasteiger partial charge on any atom is 0.240 e. The zero-order valence-corrected chi connectivity index (χ0v) is 16.8. The third-order valence-electron chi connectivity index (χ3n) is 4.41. The molecular weight excluding hydrogens is 360 g/mol. The number of pyridine rings is 1. The average Bonchev–Trinajstić information content (AvgIpc) is 3.06. The Balaban J connectivity index is 1.75. The molecule has 6 nitrogen and oxygen atoms in total. The minimum absolute atomic E-state index is 0.0202. The Morgan fingerprint density at radius 1 is 1.07 bits per heavy atom. The van der Waals surface area contributed by atoms with Gasteiger partial charge in [-0.25, -0.2) is 13.1 Å².